The number of hydrogen-bond donors (Lipinski definition) is 4. The summed E-state index contributed by atoms with van der Waals surface area (Å²) < 4.78 is 0. The Kier molecular flexibility index (Phi) is 9.00. The van der Waals surface area contributed by atoms with E-state index < -0.39 is 5.91 Å². The Morgan fingerprint density at radius 1 is 0.667 bits per heavy atom. The Balaban J connectivity index is 1.06. The van der Waals surface area contributed by atoms with Crippen molar-refractivity contribution in [1.82, 2.24) is 5.32 Å². The lowest BCUT2D eigenvalue weighted by Crippen LogP contribution is -2.17. The number of ketones is 1. The number of phenolic OH excluding ortho intramolecular Hbond substituents is 2. The highest BCUT2D eigenvalue weighted by molar-refractivity contribution is 6.33. The number of para-hydroxylation sites is 1. The molecule has 0 unspecified atom stereocenters. The fourth-order valence-corrected chi connectivity index (χ4v) is 6.62. The lowest BCUT2D eigenvalue weighted by molar-refractivity contribution is 0.0960. The Morgan fingerprint density at radius 3 is 1.83 bits per heavy atom. The van der Waals surface area contributed by atoms with Crippen LogP contribution in [0.15, 0.2) is 142 Å². The third kappa shape index (κ3) is 6.27. The number of aromatic hydroxyl groups is 2. The van der Waals surface area contributed by atoms with Crippen molar-refractivity contribution in [1.29, 1.82) is 0 Å². The molecule has 7 aromatic carbocycles. The molecule has 1 aliphatic rings. The molecule has 0 radical (unpaired) electrons. The topological polar surface area (TPSA) is 157 Å². The number of azo groups is 2. The van der Waals surface area contributed by atoms with E-state index in [0.717, 1.165) is 16.5 Å². The van der Waals surface area contributed by atoms with Crippen LogP contribution >= 0.6 is 11.6 Å². The van der Waals surface area contributed by atoms with Crippen molar-refractivity contribution in [2.45, 2.75) is 6.61 Å². The molecule has 11 nitrogen and oxygen atoms in total. The lowest BCUT2D eigenvalue weighted by Gasteiger charge is -2.12. The minimum atomic E-state index is -0.457. The molecule has 0 atom stereocenters. The van der Waals surface area contributed by atoms with Gasteiger partial charge >= 0.3 is 0 Å². The quantitative estimate of drug-likeness (QED) is 0.0854. The molecular weight excluding hydrogens is 704 g/mol. The molecular formula is C42H29ClN6O5. The van der Waals surface area contributed by atoms with Crippen molar-refractivity contribution in [2.75, 3.05) is 12.5 Å². The predicted octanol–water partition coefficient (Wildman–Crippen LogP) is 11.0. The van der Waals surface area contributed by atoms with E-state index in [9.17, 15) is 19.8 Å². The lowest BCUT2D eigenvalue weighted by atomic mass is 10.0. The van der Waals surface area contributed by atoms with Crippen molar-refractivity contribution >= 4 is 73.3 Å². The van der Waals surface area contributed by atoms with E-state index in [1.807, 2.05) is 60.7 Å². The maximum atomic E-state index is 13.7. The zero-order chi connectivity index (χ0) is 37.3. The molecule has 0 bridgehead atoms. The van der Waals surface area contributed by atoms with Crippen LogP contribution in [0.3, 0.4) is 0 Å². The normalized spacial score (nSPS) is 12.1. The van der Waals surface area contributed by atoms with Gasteiger partial charge < -0.3 is 15.5 Å². The molecule has 54 heavy (non-hydrogen) atoms. The van der Waals surface area contributed by atoms with Gasteiger partial charge in [0.1, 0.15) is 23.7 Å². The molecule has 8 rings (SSSR count). The summed E-state index contributed by atoms with van der Waals surface area (Å²) in [5, 5.41) is 45.7. The molecule has 0 spiro atoms. The van der Waals surface area contributed by atoms with Gasteiger partial charge in [0.2, 0.25) is 0 Å². The van der Waals surface area contributed by atoms with Gasteiger partial charge in [0.25, 0.3) is 5.91 Å². The largest absolute Gasteiger partial charge is 0.505 e. The molecule has 1 aliphatic carbocycles. The van der Waals surface area contributed by atoms with Crippen LogP contribution in [0.4, 0.5) is 28.4 Å². The van der Waals surface area contributed by atoms with Gasteiger partial charge in [-0.05, 0) is 70.4 Å². The summed E-state index contributed by atoms with van der Waals surface area (Å²) in [7, 11) is 1.48. The van der Waals surface area contributed by atoms with Gasteiger partial charge in [-0.1, -0.05) is 84.4 Å². The number of amides is 1. The van der Waals surface area contributed by atoms with E-state index in [4.69, 9.17) is 16.4 Å². The Bertz CT molecular complexity index is 2730. The van der Waals surface area contributed by atoms with Crippen molar-refractivity contribution in [2.24, 2.45) is 20.5 Å². The maximum absolute atomic E-state index is 13.7. The van der Waals surface area contributed by atoms with Gasteiger partial charge in [0.05, 0.1) is 27.6 Å². The fourth-order valence-electron chi connectivity index (χ4n) is 6.44. The second kappa shape index (κ2) is 14.2. The Morgan fingerprint density at radius 2 is 1.22 bits per heavy atom. The van der Waals surface area contributed by atoms with Crippen molar-refractivity contribution in [3.05, 3.63) is 149 Å². The van der Waals surface area contributed by atoms with E-state index in [1.54, 1.807) is 60.7 Å². The maximum Gasteiger partial charge on any atom is 0.254 e. The number of anilines is 1. The van der Waals surface area contributed by atoms with Crippen LogP contribution in [0, 0.1) is 0 Å². The number of halogens is 1. The highest BCUT2D eigenvalue weighted by Gasteiger charge is 2.27. The van der Waals surface area contributed by atoms with Crippen LogP contribution in [-0.2, 0) is 11.4 Å². The molecule has 1 amide bonds. The predicted molar refractivity (Wildman–Crippen MR) is 208 cm³/mol. The SMILES string of the molecule is CNC(=O)c1cc2ccccc2c(N=Nc2ccc3c(c2)C(=O)c2cc(N=Nc4c(O)c(CONc5ccccc5Cl)cc5ccccc45)ccc2-3)c1O. The molecule has 264 valence electrons. The summed E-state index contributed by atoms with van der Waals surface area (Å²) in [6.07, 6.45) is 0. The fraction of sp³-hybridized carbons (Fsp3) is 0.0476. The smallest absolute Gasteiger partial charge is 0.254 e. The van der Waals surface area contributed by atoms with E-state index in [0.29, 0.717) is 54.9 Å². The number of carbonyl (C=O) groups is 2. The van der Waals surface area contributed by atoms with Gasteiger partial charge in [-0.25, -0.2) is 0 Å². The summed E-state index contributed by atoms with van der Waals surface area (Å²) in [6.45, 7) is 0.0116. The Labute approximate surface area is 313 Å². The van der Waals surface area contributed by atoms with Gasteiger partial charge in [0, 0.05) is 34.5 Å². The van der Waals surface area contributed by atoms with Crippen LogP contribution in [0.5, 0.6) is 11.5 Å². The zero-order valence-corrected chi connectivity index (χ0v) is 29.3. The first-order valence-corrected chi connectivity index (χ1v) is 17.2. The summed E-state index contributed by atoms with van der Waals surface area (Å²) in [6, 6.07) is 35.7. The highest BCUT2D eigenvalue weighted by atomic mass is 35.5. The summed E-state index contributed by atoms with van der Waals surface area (Å²) in [4.78, 5) is 31.9. The highest BCUT2D eigenvalue weighted by Crippen LogP contribution is 2.44. The van der Waals surface area contributed by atoms with Gasteiger partial charge in [-0.2, -0.15) is 10.2 Å². The van der Waals surface area contributed by atoms with Crippen LogP contribution in [0.1, 0.15) is 31.8 Å². The number of phenols is 2. The minimum absolute atomic E-state index is 0.0116. The van der Waals surface area contributed by atoms with E-state index in [1.165, 1.54) is 7.05 Å². The van der Waals surface area contributed by atoms with Crippen molar-refractivity contribution in [3.8, 4) is 22.6 Å². The third-order valence-corrected chi connectivity index (χ3v) is 9.47. The molecule has 0 saturated carbocycles. The van der Waals surface area contributed by atoms with E-state index in [2.05, 4.69) is 31.3 Å². The molecule has 0 aliphatic heterocycles. The number of nitrogens with one attached hydrogen (secondary N) is 2. The minimum Gasteiger partial charge on any atom is -0.505 e. The average molecular weight is 733 g/mol. The first-order valence-electron chi connectivity index (χ1n) is 16.8. The number of hydrogen-bond acceptors (Lipinski definition) is 10. The molecule has 0 fully saturated rings. The zero-order valence-electron chi connectivity index (χ0n) is 28.5. The summed E-state index contributed by atoms with van der Waals surface area (Å²) in [5.41, 5.74) is 7.51. The second-order valence-electron chi connectivity index (χ2n) is 12.4. The third-order valence-electron chi connectivity index (χ3n) is 9.14. The van der Waals surface area contributed by atoms with Gasteiger partial charge in [0.15, 0.2) is 11.5 Å². The van der Waals surface area contributed by atoms with Crippen LogP contribution in [0.2, 0.25) is 5.02 Å². The summed E-state index contributed by atoms with van der Waals surface area (Å²) >= 11 is 6.22. The number of benzene rings is 7. The molecule has 12 heteroatoms. The van der Waals surface area contributed by atoms with E-state index in [-0.39, 0.29) is 40.8 Å². The number of carbonyl (C=O) groups excluding carboxylic acids is 2. The van der Waals surface area contributed by atoms with E-state index >= 15 is 0 Å². The average Bonchev–Trinajstić information content (AvgIpc) is 3.47. The summed E-state index contributed by atoms with van der Waals surface area (Å²) in [5.74, 6) is -1.07. The number of fused-ring (bicyclic) bond motifs is 5. The monoisotopic (exact) mass is 732 g/mol. The molecule has 4 N–H and O–H groups in total. The van der Waals surface area contributed by atoms with Gasteiger partial charge in [-0.15, -0.1) is 10.2 Å². The van der Waals surface area contributed by atoms with Crippen LogP contribution in [0.25, 0.3) is 32.7 Å². The first kappa shape index (κ1) is 34.2. The number of nitrogens with zero attached hydrogens (tertiary/aromatic N) is 4. The van der Waals surface area contributed by atoms with Crippen molar-refractivity contribution in [3.63, 3.8) is 0 Å². The molecule has 0 aromatic heterocycles. The van der Waals surface area contributed by atoms with Crippen LogP contribution in [-0.4, -0.2) is 29.0 Å². The Hall–Kier alpha value is -6.95. The second-order valence-corrected chi connectivity index (χ2v) is 12.8. The first-order chi connectivity index (χ1) is 26.3. The number of rotatable bonds is 9. The molecule has 7 aromatic rings. The molecule has 0 heterocycles. The molecule has 0 saturated heterocycles. The van der Waals surface area contributed by atoms with Gasteiger partial charge in [-0.3, -0.25) is 19.9 Å². The standard InChI is InChI=1S/C42H29ClN6O5/c1-44-42(53)34-19-24-9-3-5-11-29(24)38(41(34)52)48-46-27-15-17-31-30-16-14-26(20-32(30)40(51)33(31)21-27)45-47-37-28-10-4-2-8-23(28)18-25(39(37)50)22-54-49-36-13-7-6-12-35(36)43/h2-21,49-50,52H,22H2,1H3,(H,44,53). The van der Waals surface area contributed by atoms with Crippen LogP contribution < -0.4 is 10.8 Å². The van der Waals surface area contributed by atoms with Crippen molar-refractivity contribution < 1.29 is 24.6 Å².